The normalized spacial score (nSPS) is 15.7. The van der Waals surface area contributed by atoms with Crippen molar-refractivity contribution in [3.63, 3.8) is 0 Å². The first kappa shape index (κ1) is 17.6. The molecule has 1 saturated heterocycles. The van der Waals surface area contributed by atoms with E-state index in [4.69, 9.17) is 9.51 Å². The third-order valence-electron chi connectivity index (χ3n) is 5.13. The highest BCUT2D eigenvalue weighted by Gasteiger charge is 2.24. The van der Waals surface area contributed by atoms with E-state index >= 15 is 0 Å². The number of piperidine rings is 1. The van der Waals surface area contributed by atoms with Crippen molar-refractivity contribution >= 4 is 5.82 Å². The lowest BCUT2D eigenvalue weighted by Gasteiger charge is -2.30. The summed E-state index contributed by atoms with van der Waals surface area (Å²) >= 11 is 0. The summed E-state index contributed by atoms with van der Waals surface area (Å²) in [4.78, 5) is 16.0. The molecule has 3 aromatic rings. The summed E-state index contributed by atoms with van der Waals surface area (Å²) in [5.41, 5.74) is 2.31. The van der Waals surface area contributed by atoms with Gasteiger partial charge in [-0.3, -0.25) is 4.98 Å². The molecule has 4 rings (SSSR count). The van der Waals surface area contributed by atoms with Gasteiger partial charge in [-0.15, -0.1) is 0 Å². The van der Waals surface area contributed by atoms with E-state index in [0.29, 0.717) is 11.7 Å². The maximum absolute atomic E-state index is 5.39. The molecule has 0 N–H and O–H groups in total. The monoisotopic (exact) mass is 363 g/mol. The molecule has 0 bridgehead atoms. The van der Waals surface area contributed by atoms with Crippen LogP contribution in [0.25, 0.3) is 0 Å². The zero-order chi connectivity index (χ0) is 18.5. The van der Waals surface area contributed by atoms with Crippen LogP contribution in [-0.4, -0.2) is 33.2 Å². The van der Waals surface area contributed by atoms with E-state index in [1.54, 1.807) is 6.20 Å². The maximum atomic E-state index is 5.39. The van der Waals surface area contributed by atoms with Gasteiger partial charge in [0.05, 0.1) is 5.92 Å². The van der Waals surface area contributed by atoms with Crippen molar-refractivity contribution in [1.82, 2.24) is 20.1 Å². The van der Waals surface area contributed by atoms with E-state index in [-0.39, 0.29) is 5.92 Å². The lowest BCUT2D eigenvalue weighted by atomic mass is 9.92. The molecule has 1 aliphatic heterocycles. The molecule has 0 amide bonds. The van der Waals surface area contributed by atoms with Crippen molar-refractivity contribution in [3.8, 4) is 0 Å². The number of hydrogen-bond acceptors (Lipinski definition) is 6. The van der Waals surface area contributed by atoms with E-state index < -0.39 is 0 Å². The Bertz CT molecular complexity index is 858. The number of aromatic nitrogens is 4. The SMILES string of the molecule is CCc1nc(C(Cc2cccnc2N2CCCCC2)c2cccnc2)no1. The van der Waals surface area contributed by atoms with Crippen LogP contribution in [0.3, 0.4) is 0 Å². The average molecular weight is 363 g/mol. The second kappa shape index (κ2) is 8.29. The molecule has 1 fully saturated rings. The molecule has 0 spiro atoms. The Morgan fingerprint density at radius 1 is 1.11 bits per heavy atom. The third kappa shape index (κ3) is 3.99. The first-order valence-electron chi connectivity index (χ1n) is 9.76. The minimum Gasteiger partial charge on any atom is -0.356 e. The fourth-order valence-corrected chi connectivity index (χ4v) is 3.69. The minimum absolute atomic E-state index is 0.00418. The molecule has 140 valence electrons. The molecule has 4 heterocycles. The highest BCUT2D eigenvalue weighted by molar-refractivity contribution is 5.48. The Morgan fingerprint density at radius 3 is 2.70 bits per heavy atom. The van der Waals surface area contributed by atoms with Crippen molar-refractivity contribution in [1.29, 1.82) is 0 Å². The fourth-order valence-electron chi connectivity index (χ4n) is 3.69. The van der Waals surface area contributed by atoms with Gasteiger partial charge in [0.15, 0.2) is 5.82 Å². The predicted octanol–water partition coefficient (Wildman–Crippen LogP) is 3.79. The molecule has 0 saturated carbocycles. The first-order valence-corrected chi connectivity index (χ1v) is 9.76. The van der Waals surface area contributed by atoms with Crippen LogP contribution in [0.4, 0.5) is 5.82 Å². The second-order valence-corrected chi connectivity index (χ2v) is 6.98. The Morgan fingerprint density at radius 2 is 1.96 bits per heavy atom. The molecule has 27 heavy (non-hydrogen) atoms. The van der Waals surface area contributed by atoms with Crippen LogP contribution < -0.4 is 4.90 Å². The van der Waals surface area contributed by atoms with Gasteiger partial charge in [0.1, 0.15) is 5.82 Å². The number of rotatable bonds is 6. The van der Waals surface area contributed by atoms with Crippen LogP contribution in [-0.2, 0) is 12.8 Å². The molecule has 6 heteroatoms. The van der Waals surface area contributed by atoms with Crippen molar-refractivity contribution < 1.29 is 4.52 Å². The van der Waals surface area contributed by atoms with Crippen LogP contribution in [0.15, 0.2) is 47.4 Å². The first-order chi connectivity index (χ1) is 13.3. The summed E-state index contributed by atoms with van der Waals surface area (Å²) in [7, 11) is 0. The van der Waals surface area contributed by atoms with Gasteiger partial charge in [0.25, 0.3) is 0 Å². The van der Waals surface area contributed by atoms with E-state index in [1.807, 2.05) is 31.5 Å². The highest BCUT2D eigenvalue weighted by Crippen LogP contribution is 2.30. The van der Waals surface area contributed by atoms with Gasteiger partial charge >= 0.3 is 0 Å². The zero-order valence-electron chi connectivity index (χ0n) is 15.7. The highest BCUT2D eigenvalue weighted by atomic mass is 16.5. The van der Waals surface area contributed by atoms with Gasteiger partial charge in [0.2, 0.25) is 5.89 Å². The van der Waals surface area contributed by atoms with Gasteiger partial charge in [-0.2, -0.15) is 4.98 Å². The molecule has 3 aromatic heterocycles. The smallest absolute Gasteiger partial charge is 0.226 e. The third-order valence-corrected chi connectivity index (χ3v) is 5.13. The molecular weight excluding hydrogens is 338 g/mol. The molecule has 1 atom stereocenters. The molecule has 0 radical (unpaired) electrons. The van der Waals surface area contributed by atoms with Crippen LogP contribution in [0.5, 0.6) is 0 Å². The van der Waals surface area contributed by atoms with Gasteiger partial charge in [0, 0.05) is 38.1 Å². The van der Waals surface area contributed by atoms with E-state index in [0.717, 1.165) is 37.3 Å². The van der Waals surface area contributed by atoms with Crippen molar-refractivity contribution in [2.24, 2.45) is 0 Å². The Balaban J connectivity index is 1.68. The lowest BCUT2D eigenvalue weighted by Crippen LogP contribution is -2.31. The number of pyridine rings is 2. The summed E-state index contributed by atoms with van der Waals surface area (Å²) in [6.07, 6.45) is 10.8. The van der Waals surface area contributed by atoms with Crippen molar-refractivity contribution in [2.45, 2.75) is 44.9 Å². The Kier molecular flexibility index (Phi) is 5.42. The average Bonchev–Trinajstić information content (AvgIpc) is 3.22. The van der Waals surface area contributed by atoms with Crippen LogP contribution in [0, 0.1) is 0 Å². The Labute approximate surface area is 159 Å². The summed E-state index contributed by atoms with van der Waals surface area (Å²) < 4.78 is 5.39. The molecular formula is C21H25N5O. The van der Waals surface area contributed by atoms with E-state index in [1.165, 1.54) is 24.8 Å². The summed E-state index contributed by atoms with van der Waals surface area (Å²) in [5.74, 6) is 2.47. The Hall–Kier alpha value is -2.76. The number of anilines is 1. The second-order valence-electron chi connectivity index (χ2n) is 6.98. The van der Waals surface area contributed by atoms with E-state index in [9.17, 15) is 0 Å². The molecule has 0 aliphatic carbocycles. The summed E-state index contributed by atoms with van der Waals surface area (Å²) in [6.45, 7) is 4.17. The minimum atomic E-state index is -0.00418. The fraction of sp³-hybridized carbons (Fsp3) is 0.429. The molecule has 0 aromatic carbocycles. The predicted molar refractivity (Wildman–Crippen MR) is 104 cm³/mol. The van der Waals surface area contributed by atoms with Crippen molar-refractivity contribution in [2.75, 3.05) is 18.0 Å². The van der Waals surface area contributed by atoms with Crippen LogP contribution in [0.1, 0.15) is 54.9 Å². The molecule has 6 nitrogen and oxygen atoms in total. The van der Waals surface area contributed by atoms with Gasteiger partial charge in [-0.1, -0.05) is 24.2 Å². The largest absolute Gasteiger partial charge is 0.356 e. The number of aryl methyl sites for hydroxylation is 1. The number of nitrogens with zero attached hydrogens (tertiary/aromatic N) is 5. The van der Waals surface area contributed by atoms with Gasteiger partial charge in [-0.25, -0.2) is 4.98 Å². The lowest BCUT2D eigenvalue weighted by molar-refractivity contribution is 0.374. The molecule has 1 aliphatic rings. The topological polar surface area (TPSA) is 67.9 Å². The maximum Gasteiger partial charge on any atom is 0.226 e. The van der Waals surface area contributed by atoms with Gasteiger partial charge < -0.3 is 9.42 Å². The van der Waals surface area contributed by atoms with E-state index in [2.05, 4.69) is 32.2 Å². The van der Waals surface area contributed by atoms with Crippen LogP contribution >= 0.6 is 0 Å². The zero-order valence-corrected chi connectivity index (χ0v) is 15.7. The van der Waals surface area contributed by atoms with Crippen LogP contribution in [0.2, 0.25) is 0 Å². The van der Waals surface area contributed by atoms with Crippen molar-refractivity contribution in [3.05, 3.63) is 65.7 Å². The van der Waals surface area contributed by atoms with Gasteiger partial charge in [-0.05, 0) is 48.9 Å². The standard InChI is InChI=1S/C21H25N5O/c1-2-19-24-20(25-27-19)18(17-9-6-10-22-15-17)14-16-8-7-11-23-21(16)26-12-4-3-5-13-26/h6-11,15,18H,2-5,12-14H2,1H3. The molecule has 1 unspecified atom stereocenters. The number of hydrogen-bond donors (Lipinski definition) is 0. The quantitative estimate of drug-likeness (QED) is 0.664. The summed E-state index contributed by atoms with van der Waals surface area (Å²) in [6, 6.07) is 8.21. The summed E-state index contributed by atoms with van der Waals surface area (Å²) in [5, 5.41) is 4.25.